The maximum atomic E-state index is 2.18. The van der Waals surface area contributed by atoms with Crippen molar-refractivity contribution in [1.29, 1.82) is 0 Å². The molecule has 0 saturated carbocycles. The molecule has 0 aliphatic carbocycles. The van der Waals surface area contributed by atoms with Gasteiger partial charge in [-0.15, -0.1) is 0 Å². The highest BCUT2D eigenvalue weighted by molar-refractivity contribution is 5.51. The van der Waals surface area contributed by atoms with E-state index in [0.29, 0.717) is 0 Å². The van der Waals surface area contributed by atoms with Gasteiger partial charge in [-0.25, -0.2) is 0 Å². The summed E-state index contributed by atoms with van der Waals surface area (Å²) in [7, 11) is 4.12. The Morgan fingerprint density at radius 3 is 1.82 bits per heavy atom. The molecular formula is C16H18N. The summed E-state index contributed by atoms with van der Waals surface area (Å²) in [5, 5.41) is 0. The molecule has 0 N–H and O–H groups in total. The fourth-order valence-corrected chi connectivity index (χ4v) is 1.86. The maximum absolute atomic E-state index is 2.18. The predicted molar refractivity (Wildman–Crippen MR) is 74.3 cm³/mol. The lowest BCUT2D eigenvalue weighted by Crippen LogP contribution is -2.08. The van der Waals surface area contributed by atoms with Crippen molar-refractivity contribution in [3.63, 3.8) is 0 Å². The maximum Gasteiger partial charge on any atom is 0.0361 e. The van der Waals surface area contributed by atoms with Crippen molar-refractivity contribution in [2.24, 2.45) is 0 Å². The fourth-order valence-electron chi connectivity index (χ4n) is 1.86. The third-order valence-corrected chi connectivity index (χ3v) is 3.02. The third-order valence-electron chi connectivity index (χ3n) is 3.02. The number of rotatable bonds is 3. The molecule has 0 spiro atoms. The van der Waals surface area contributed by atoms with Gasteiger partial charge >= 0.3 is 0 Å². The largest absolute Gasteiger partial charge is 0.378 e. The zero-order valence-corrected chi connectivity index (χ0v) is 10.6. The molecule has 2 rings (SSSR count). The zero-order valence-electron chi connectivity index (χ0n) is 10.6. The van der Waals surface area contributed by atoms with Crippen LogP contribution >= 0.6 is 0 Å². The highest BCUT2D eigenvalue weighted by atomic mass is 15.1. The Morgan fingerprint density at radius 2 is 1.29 bits per heavy atom. The second kappa shape index (κ2) is 5.05. The van der Waals surface area contributed by atoms with Crippen LogP contribution in [0.1, 0.15) is 18.1 Å². The molecule has 0 aromatic heterocycles. The van der Waals surface area contributed by atoms with Gasteiger partial charge in [0.05, 0.1) is 0 Å². The Labute approximate surface area is 104 Å². The van der Waals surface area contributed by atoms with Crippen LogP contribution in [0.3, 0.4) is 0 Å². The van der Waals surface area contributed by atoms with Crippen LogP contribution in [0.25, 0.3) is 0 Å². The van der Waals surface area contributed by atoms with Crippen molar-refractivity contribution in [3.05, 3.63) is 71.6 Å². The van der Waals surface area contributed by atoms with Crippen molar-refractivity contribution in [2.75, 3.05) is 19.0 Å². The van der Waals surface area contributed by atoms with Gasteiger partial charge in [0.2, 0.25) is 0 Å². The first-order chi connectivity index (χ1) is 8.18. The van der Waals surface area contributed by atoms with Gasteiger partial charge in [-0.05, 0) is 23.3 Å². The summed E-state index contributed by atoms with van der Waals surface area (Å²) in [5.74, 6) is 1.32. The Morgan fingerprint density at radius 1 is 0.765 bits per heavy atom. The van der Waals surface area contributed by atoms with Crippen molar-refractivity contribution in [3.8, 4) is 0 Å². The second-order valence-corrected chi connectivity index (χ2v) is 4.43. The number of hydrogen-bond donors (Lipinski definition) is 0. The van der Waals surface area contributed by atoms with E-state index in [4.69, 9.17) is 0 Å². The van der Waals surface area contributed by atoms with Crippen LogP contribution in [-0.2, 0) is 0 Å². The van der Waals surface area contributed by atoms with Crippen molar-refractivity contribution >= 4 is 5.69 Å². The van der Waals surface area contributed by atoms with E-state index in [1.54, 1.807) is 0 Å². The minimum absolute atomic E-state index is 1.23. The first-order valence-corrected chi connectivity index (χ1v) is 5.85. The Bertz CT molecular complexity index is 457. The molecule has 87 valence electrons. The highest BCUT2D eigenvalue weighted by Gasteiger charge is 2.08. The summed E-state index contributed by atoms with van der Waals surface area (Å²) in [6.45, 7) is 2.17. The summed E-state index contributed by atoms with van der Waals surface area (Å²) in [5.41, 5.74) is 3.79. The molecule has 0 unspecified atom stereocenters. The molecule has 1 radical (unpaired) electrons. The van der Waals surface area contributed by atoms with E-state index in [-0.39, 0.29) is 0 Å². The van der Waals surface area contributed by atoms with Gasteiger partial charge in [-0.3, -0.25) is 0 Å². The topological polar surface area (TPSA) is 3.24 Å². The molecule has 0 fully saturated rings. The van der Waals surface area contributed by atoms with E-state index in [9.17, 15) is 0 Å². The fraction of sp³-hybridized carbons (Fsp3) is 0.188. The highest BCUT2D eigenvalue weighted by Crippen LogP contribution is 2.24. The Hall–Kier alpha value is -1.76. The normalized spacial score (nSPS) is 10.6. The summed E-state index contributed by atoms with van der Waals surface area (Å²) >= 11 is 0. The van der Waals surface area contributed by atoms with Crippen LogP contribution in [-0.4, -0.2) is 14.1 Å². The molecule has 0 aliphatic rings. The van der Waals surface area contributed by atoms with Gasteiger partial charge in [0.15, 0.2) is 0 Å². The van der Waals surface area contributed by atoms with Gasteiger partial charge < -0.3 is 4.90 Å². The van der Waals surface area contributed by atoms with E-state index in [1.807, 2.05) is 6.07 Å². The van der Waals surface area contributed by atoms with E-state index in [1.165, 1.54) is 22.7 Å². The lowest BCUT2D eigenvalue weighted by atomic mass is 9.93. The van der Waals surface area contributed by atoms with Crippen LogP contribution in [0.2, 0.25) is 0 Å². The minimum Gasteiger partial charge on any atom is -0.378 e. The van der Waals surface area contributed by atoms with Gasteiger partial charge in [-0.1, -0.05) is 49.4 Å². The minimum atomic E-state index is 1.23. The SMILES string of the molecule is C[C](c1ccccc1)c1ccc(N(C)C)cc1. The first-order valence-electron chi connectivity index (χ1n) is 5.85. The van der Waals surface area contributed by atoms with E-state index < -0.39 is 0 Å². The zero-order chi connectivity index (χ0) is 12.3. The van der Waals surface area contributed by atoms with Crippen LogP contribution in [0.15, 0.2) is 54.6 Å². The smallest absolute Gasteiger partial charge is 0.0361 e. The molecule has 0 saturated heterocycles. The molecule has 0 bridgehead atoms. The molecular weight excluding hydrogens is 206 g/mol. The second-order valence-electron chi connectivity index (χ2n) is 4.43. The Balaban J connectivity index is 2.23. The van der Waals surface area contributed by atoms with Gasteiger partial charge in [-0.2, -0.15) is 0 Å². The lowest BCUT2D eigenvalue weighted by molar-refractivity contribution is 1.12. The van der Waals surface area contributed by atoms with E-state index >= 15 is 0 Å². The van der Waals surface area contributed by atoms with E-state index in [0.717, 1.165) is 0 Å². The third kappa shape index (κ3) is 2.68. The number of benzene rings is 2. The van der Waals surface area contributed by atoms with Crippen molar-refractivity contribution in [1.82, 2.24) is 0 Å². The number of anilines is 1. The summed E-state index contributed by atoms with van der Waals surface area (Å²) < 4.78 is 0. The van der Waals surface area contributed by atoms with Gasteiger partial charge in [0.25, 0.3) is 0 Å². The average molecular weight is 224 g/mol. The molecule has 0 atom stereocenters. The van der Waals surface area contributed by atoms with E-state index in [2.05, 4.69) is 74.4 Å². The number of hydrogen-bond acceptors (Lipinski definition) is 1. The predicted octanol–water partition coefficient (Wildman–Crippen LogP) is 3.74. The molecule has 0 heterocycles. The monoisotopic (exact) mass is 224 g/mol. The molecule has 2 aromatic rings. The molecule has 17 heavy (non-hydrogen) atoms. The van der Waals surface area contributed by atoms with Crippen molar-refractivity contribution < 1.29 is 0 Å². The van der Waals surface area contributed by atoms with Gasteiger partial charge in [0.1, 0.15) is 0 Å². The first kappa shape index (κ1) is 11.7. The quantitative estimate of drug-likeness (QED) is 0.767. The average Bonchev–Trinajstić information content (AvgIpc) is 2.39. The van der Waals surface area contributed by atoms with Crippen LogP contribution in [0.5, 0.6) is 0 Å². The van der Waals surface area contributed by atoms with Gasteiger partial charge in [0, 0.05) is 25.7 Å². The summed E-state index contributed by atoms with van der Waals surface area (Å²) in [6.07, 6.45) is 0. The number of nitrogens with zero attached hydrogens (tertiary/aromatic N) is 1. The molecule has 2 aromatic carbocycles. The van der Waals surface area contributed by atoms with Crippen LogP contribution in [0.4, 0.5) is 5.69 Å². The molecule has 0 aliphatic heterocycles. The van der Waals surface area contributed by atoms with Crippen LogP contribution in [0, 0.1) is 5.92 Å². The lowest BCUT2D eigenvalue weighted by Gasteiger charge is -2.15. The Kier molecular flexibility index (Phi) is 3.48. The van der Waals surface area contributed by atoms with Crippen molar-refractivity contribution in [2.45, 2.75) is 6.92 Å². The summed E-state index contributed by atoms with van der Waals surface area (Å²) in [6, 6.07) is 19.2. The molecule has 1 heteroatoms. The van der Waals surface area contributed by atoms with Crippen LogP contribution < -0.4 is 4.90 Å². The molecule has 1 nitrogen and oxygen atoms in total. The summed E-state index contributed by atoms with van der Waals surface area (Å²) in [4.78, 5) is 2.11. The standard InChI is InChI=1S/C16H18N/c1-13(14-7-5-4-6-8-14)15-9-11-16(12-10-15)17(2)3/h4-12H,1-3H3. The molecule has 0 amide bonds.